The Kier molecular flexibility index (Phi) is 5.42. The predicted octanol–water partition coefficient (Wildman–Crippen LogP) is 3.60. The van der Waals surface area contributed by atoms with Crippen molar-refractivity contribution in [1.82, 2.24) is 0 Å². The van der Waals surface area contributed by atoms with Gasteiger partial charge in [0.05, 0.1) is 15.4 Å². The predicted molar refractivity (Wildman–Crippen MR) is 81.4 cm³/mol. The minimum atomic E-state index is -0.906. The van der Waals surface area contributed by atoms with Gasteiger partial charge in [-0.3, -0.25) is 0 Å². The number of thiophene rings is 1. The summed E-state index contributed by atoms with van der Waals surface area (Å²) in [6.07, 6.45) is -0.906. The van der Waals surface area contributed by atoms with Gasteiger partial charge in [0.25, 0.3) is 0 Å². The van der Waals surface area contributed by atoms with E-state index in [4.69, 9.17) is 4.74 Å². The fourth-order valence-electron chi connectivity index (χ4n) is 1.43. The van der Waals surface area contributed by atoms with Crippen LogP contribution in [0.3, 0.4) is 0 Å². The molecule has 0 bridgehead atoms. The lowest BCUT2D eigenvalue weighted by Gasteiger charge is -2.13. The molecule has 1 aromatic heterocycles. The van der Waals surface area contributed by atoms with E-state index in [1.54, 1.807) is 0 Å². The maximum atomic E-state index is 9.86. The zero-order chi connectivity index (χ0) is 14.6. The molecular formula is C15H23NO2S. The number of nitrogens with one attached hydrogen (secondary N) is 1. The molecule has 106 valence electrons. The first-order chi connectivity index (χ1) is 8.73. The molecule has 0 saturated carbocycles. The van der Waals surface area contributed by atoms with E-state index in [2.05, 4.69) is 51.8 Å². The van der Waals surface area contributed by atoms with Crippen LogP contribution in [-0.2, 0) is 4.74 Å². The van der Waals surface area contributed by atoms with Crippen molar-refractivity contribution in [3.05, 3.63) is 15.8 Å². The van der Waals surface area contributed by atoms with E-state index >= 15 is 0 Å². The Bertz CT molecular complexity index is 475. The lowest BCUT2D eigenvalue weighted by atomic mass is 9.98. The minimum absolute atomic E-state index is 0.0321. The van der Waals surface area contributed by atoms with Gasteiger partial charge in [-0.2, -0.15) is 0 Å². The van der Waals surface area contributed by atoms with Crippen LogP contribution in [-0.4, -0.2) is 18.3 Å². The highest BCUT2D eigenvalue weighted by atomic mass is 32.1. The van der Waals surface area contributed by atoms with Crippen molar-refractivity contribution in [2.45, 2.75) is 47.0 Å². The maximum absolute atomic E-state index is 9.86. The fourth-order valence-corrected chi connectivity index (χ4v) is 2.37. The normalized spacial score (nSPS) is 13.1. The average molecular weight is 281 g/mol. The highest BCUT2D eigenvalue weighted by molar-refractivity contribution is 7.13. The number of hydrogen-bond acceptors (Lipinski definition) is 4. The number of rotatable bonds is 4. The van der Waals surface area contributed by atoms with E-state index in [0.717, 1.165) is 15.4 Å². The average Bonchev–Trinajstić information content (AvgIpc) is 2.67. The number of anilines is 1. The number of ether oxygens (including phenoxy) is 1. The molecule has 0 fully saturated rings. The quantitative estimate of drug-likeness (QED) is 0.654. The van der Waals surface area contributed by atoms with E-state index in [0.29, 0.717) is 6.04 Å². The Morgan fingerprint density at radius 2 is 2.00 bits per heavy atom. The van der Waals surface area contributed by atoms with E-state index < -0.39 is 6.29 Å². The summed E-state index contributed by atoms with van der Waals surface area (Å²) in [5.74, 6) is 6.36. The standard InChI is InChI=1S/C15H23NO2S/c1-10(2)16-12-9-11(7-8-15(3,4)5)19-13(12)14(17)18-6/h9-10,14,16-17H,1-6H3. The Morgan fingerprint density at radius 1 is 1.37 bits per heavy atom. The summed E-state index contributed by atoms with van der Waals surface area (Å²) < 4.78 is 4.99. The molecule has 1 heterocycles. The van der Waals surface area contributed by atoms with E-state index in [-0.39, 0.29) is 5.41 Å². The summed E-state index contributed by atoms with van der Waals surface area (Å²) in [5.41, 5.74) is 0.864. The summed E-state index contributed by atoms with van der Waals surface area (Å²) in [6.45, 7) is 10.3. The third-order valence-electron chi connectivity index (χ3n) is 2.21. The minimum Gasteiger partial charge on any atom is -0.382 e. The second kappa shape index (κ2) is 6.42. The second-order valence-electron chi connectivity index (χ2n) is 5.78. The van der Waals surface area contributed by atoms with Crippen molar-refractivity contribution in [2.75, 3.05) is 12.4 Å². The van der Waals surface area contributed by atoms with Gasteiger partial charge in [0.15, 0.2) is 6.29 Å². The molecule has 0 aliphatic heterocycles. The lowest BCUT2D eigenvalue weighted by Crippen LogP contribution is -2.11. The number of aliphatic hydroxyl groups is 1. The van der Waals surface area contributed by atoms with Gasteiger partial charge in [-0.15, -0.1) is 11.3 Å². The molecule has 19 heavy (non-hydrogen) atoms. The highest BCUT2D eigenvalue weighted by Gasteiger charge is 2.16. The molecule has 2 N–H and O–H groups in total. The first-order valence-corrected chi connectivity index (χ1v) is 7.19. The topological polar surface area (TPSA) is 41.5 Å². The molecule has 1 unspecified atom stereocenters. The molecule has 4 heteroatoms. The van der Waals surface area contributed by atoms with E-state index in [1.165, 1.54) is 18.4 Å². The molecule has 0 spiro atoms. The Balaban J connectivity index is 3.08. The van der Waals surface area contributed by atoms with Crippen LogP contribution in [0.1, 0.15) is 50.7 Å². The van der Waals surface area contributed by atoms with Crippen molar-refractivity contribution >= 4 is 17.0 Å². The molecule has 1 aromatic rings. The summed E-state index contributed by atoms with van der Waals surface area (Å²) in [6, 6.07) is 2.27. The number of hydrogen-bond donors (Lipinski definition) is 2. The maximum Gasteiger partial charge on any atom is 0.192 e. The van der Waals surface area contributed by atoms with Gasteiger partial charge >= 0.3 is 0 Å². The molecule has 0 amide bonds. The lowest BCUT2D eigenvalue weighted by molar-refractivity contribution is -0.0738. The number of aliphatic hydroxyl groups excluding tert-OH is 1. The van der Waals surface area contributed by atoms with Crippen LogP contribution in [0.4, 0.5) is 5.69 Å². The van der Waals surface area contributed by atoms with Gasteiger partial charge in [0, 0.05) is 18.6 Å². The van der Waals surface area contributed by atoms with Crippen LogP contribution in [0.15, 0.2) is 6.07 Å². The third kappa shape index (κ3) is 5.23. The van der Waals surface area contributed by atoms with Gasteiger partial charge < -0.3 is 15.2 Å². The van der Waals surface area contributed by atoms with Crippen LogP contribution >= 0.6 is 11.3 Å². The summed E-state index contributed by atoms with van der Waals surface area (Å²) in [5, 5.41) is 13.2. The Labute approximate surface area is 120 Å². The van der Waals surface area contributed by atoms with Gasteiger partial charge in [-0.25, -0.2) is 0 Å². The van der Waals surface area contributed by atoms with E-state index in [9.17, 15) is 5.11 Å². The van der Waals surface area contributed by atoms with E-state index in [1.807, 2.05) is 6.07 Å². The number of methoxy groups -OCH3 is 1. The largest absolute Gasteiger partial charge is 0.382 e. The Morgan fingerprint density at radius 3 is 2.47 bits per heavy atom. The smallest absolute Gasteiger partial charge is 0.192 e. The molecule has 0 aliphatic rings. The van der Waals surface area contributed by atoms with Crippen LogP contribution in [0.2, 0.25) is 0 Å². The SMILES string of the molecule is COC(O)c1sc(C#CC(C)(C)C)cc1NC(C)C. The molecule has 0 saturated heterocycles. The van der Waals surface area contributed by atoms with Crippen molar-refractivity contribution in [2.24, 2.45) is 5.41 Å². The van der Waals surface area contributed by atoms with Gasteiger partial charge in [0.2, 0.25) is 0 Å². The van der Waals surface area contributed by atoms with Crippen LogP contribution in [0, 0.1) is 17.3 Å². The first-order valence-electron chi connectivity index (χ1n) is 6.37. The summed E-state index contributed by atoms with van der Waals surface area (Å²) >= 11 is 1.46. The molecular weight excluding hydrogens is 258 g/mol. The molecule has 1 atom stereocenters. The molecule has 0 radical (unpaired) electrons. The van der Waals surface area contributed by atoms with Gasteiger partial charge in [-0.05, 0) is 40.7 Å². The molecule has 0 aliphatic carbocycles. The zero-order valence-corrected chi connectivity index (χ0v) is 13.3. The fraction of sp³-hybridized carbons (Fsp3) is 0.600. The zero-order valence-electron chi connectivity index (χ0n) is 12.5. The first kappa shape index (κ1) is 16.0. The van der Waals surface area contributed by atoms with Crippen molar-refractivity contribution in [3.8, 4) is 11.8 Å². The van der Waals surface area contributed by atoms with Crippen molar-refractivity contribution < 1.29 is 9.84 Å². The molecule has 3 nitrogen and oxygen atoms in total. The molecule has 0 aromatic carbocycles. The monoisotopic (exact) mass is 281 g/mol. The molecule has 1 rings (SSSR count). The summed E-state index contributed by atoms with van der Waals surface area (Å²) in [4.78, 5) is 1.71. The second-order valence-corrected chi connectivity index (χ2v) is 6.86. The Hall–Kier alpha value is -1.02. The van der Waals surface area contributed by atoms with Crippen molar-refractivity contribution in [1.29, 1.82) is 0 Å². The van der Waals surface area contributed by atoms with Crippen LogP contribution < -0.4 is 5.32 Å². The summed E-state index contributed by atoms with van der Waals surface area (Å²) in [7, 11) is 1.49. The van der Waals surface area contributed by atoms with Gasteiger partial charge in [0.1, 0.15) is 0 Å². The van der Waals surface area contributed by atoms with Crippen molar-refractivity contribution in [3.63, 3.8) is 0 Å². The highest BCUT2D eigenvalue weighted by Crippen LogP contribution is 2.33. The third-order valence-corrected chi connectivity index (χ3v) is 3.29. The van der Waals surface area contributed by atoms with Gasteiger partial charge in [-0.1, -0.05) is 11.8 Å². The van der Waals surface area contributed by atoms with Crippen LogP contribution in [0.5, 0.6) is 0 Å². The van der Waals surface area contributed by atoms with Crippen LogP contribution in [0.25, 0.3) is 0 Å².